The number of pyridine rings is 1. The molecule has 0 aliphatic carbocycles. The summed E-state index contributed by atoms with van der Waals surface area (Å²) in [5, 5.41) is 7.67. The van der Waals surface area contributed by atoms with Crippen LogP contribution in [0.1, 0.15) is 25.8 Å². The summed E-state index contributed by atoms with van der Waals surface area (Å²) in [7, 11) is 0. The average Bonchev–Trinajstić information content (AvgIpc) is 3.16. The van der Waals surface area contributed by atoms with Gasteiger partial charge in [-0.2, -0.15) is 4.98 Å². The molecular formula is C19H19ClN4O2S. The maximum absolute atomic E-state index is 12.4. The zero-order valence-corrected chi connectivity index (χ0v) is 16.5. The highest BCUT2D eigenvalue weighted by Gasteiger charge is 2.24. The molecule has 0 bridgehead atoms. The SMILES string of the molecule is CC(C)C(NC(=O)CSc1ccc(Cl)cc1)c1nc(-c2ccncc2)no1. The number of aromatic nitrogens is 3. The lowest BCUT2D eigenvalue weighted by atomic mass is 10.0. The van der Waals surface area contributed by atoms with Crippen LogP contribution in [-0.4, -0.2) is 26.8 Å². The Morgan fingerprint density at radius 1 is 1.19 bits per heavy atom. The van der Waals surface area contributed by atoms with Gasteiger partial charge in [0.1, 0.15) is 6.04 Å². The maximum atomic E-state index is 12.4. The third-order valence-electron chi connectivity index (χ3n) is 3.81. The van der Waals surface area contributed by atoms with Gasteiger partial charge in [-0.3, -0.25) is 9.78 Å². The Morgan fingerprint density at radius 3 is 2.56 bits per heavy atom. The number of benzene rings is 1. The van der Waals surface area contributed by atoms with Gasteiger partial charge in [0.05, 0.1) is 5.75 Å². The summed E-state index contributed by atoms with van der Waals surface area (Å²) in [5.74, 6) is 1.15. The van der Waals surface area contributed by atoms with E-state index in [2.05, 4.69) is 20.4 Å². The first-order chi connectivity index (χ1) is 13.0. The molecule has 3 rings (SSSR count). The standard InChI is InChI=1S/C19H19ClN4O2S/c1-12(2)17(19-23-18(24-26-19)13-7-9-21-10-8-13)22-16(25)11-27-15-5-3-14(20)4-6-15/h3-10,12,17H,11H2,1-2H3,(H,22,25). The molecule has 1 aromatic carbocycles. The minimum Gasteiger partial charge on any atom is -0.343 e. The van der Waals surface area contributed by atoms with E-state index in [9.17, 15) is 4.79 Å². The van der Waals surface area contributed by atoms with E-state index < -0.39 is 0 Å². The van der Waals surface area contributed by atoms with Crippen LogP contribution in [0.25, 0.3) is 11.4 Å². The molecule has 1 atom stereocenters. The van der Waals surface area contributed by atoms with Crippen molar-refractivity contribution in [3.63, 3.8) is 0 Å². The van der Waals surface area contributed by atoms with Gasteiger partial charge in [0.15, 0.2) is 0 Å². The van der Waals surface area contributed by atoms with Gasteiger partial charge in [0.25, 0.3) is 0 Å². The fourth-order valence-electron chi connectivity index (χ4n) is 2.39. The Balaban J connectivity index is 1.64. The zero-order chi connectivity index (χ0) is 19.2. The Hall–Kier alpha value is -2.38. The monoisotopic (exact) mass is 402 g/mol. The molecule has 0 aliphatic heterocycles. The van der Waals surface area contributed by atoms with Crippen LogP contribution in [0.3, 0.4) is 0 Å². The summed E-state index contributed by atoms with van der Waals surface area (Å²) in [6, 6.07) is 10.6. The lowest BCUT2D eigenvalue weighted by molar-refractivity contribution is -0.119. The van der Waals surface area contributed by atoms with Crippen LogP contribution in [0, 0.1) is 5.92 Å². The van der Waals surface area contributed by atoms with Crippen molar-refractivity contribution in [1.29, 1.82) is 0 Å². The van der Waals surface area contributed by atoms with Crippen molar-refractivity contribution in [2.75, 3.05) is 5.75 Å². The first kappa shape index (κ1) is 19.4. The fourth-order valence-corrected chi connectivity index (χ4v) is 3.22. The van der Waals surface area contributed by atoms with Crippen LogP contribution in [0.15, 0.2) is 58.2 Å². The van der Waals surface area contributed by atoms with E-state index in [0.29, 0.717) is 16.7 Å². The lowest BCUT2D eigenvalue weighted by Gasteiger charge is -2.18. The molecule has 2 heterocycles. The predicted molar refractivity (Wildman–Crippen MR) is 105 cm³/mol. The third kappa shape index (κ3) is 5.30. The van der Waals surface area contributed by atoms with Crippen molar-refractivity contribution in [3.05, 3.63) is 59.7 Å². The number of amides is 1. The van der Waals surface area contributed by atoms with Crippen molar-refractivity contribution in [2.45, 2.75) is 24.8 Å². The Morgan fingerprint density at radius 2 is 1.89 bits per heavy atom. The molecule has 1 unspecified atom stereocenters. The Bertz CT molecular complexity index is 884. The van der Waals surface area contributed by atoms with Gasteiger partial charge < -0.3 is 9.84 Å². The number of halogens is 1. The maximum Gasteiger partial charge on any atom is 0.249 e. The number of carbonyl (C=O) groups excluding carboxylic acids is 1. The van der Waals surface area contributed by atoms with E-state index in [4.69, 9.17) is 16.1 Å². The molecule has 2 aromatic heterocycles. The smallest absolute Gasteiger partial charge is 0.249 e. The van der Waals surface area contributed by atoms with E-state index >= 15 is 0 Å². The van der Waals surface area contributed by atoms with Gasteiger partial charge in [-0.05, 0) is 42.3 Å². The van der Waals surface area contributed by atoms with E-state index in [1.807, 2.05) is 26.0 Å². The minimum absolute atomic E-state index is 0.0974. The van der Waals surface area contributed by atoms with E-state index in [-0.39, 0.29) is 23.6 Å². The molecule has 1 N–H and O–H groups in total. The Kier molecular flexibility index (Phi) is 6.47. The number of nitrogens with one attached hydrogen (secondary N) is 1. The number of nitrogens with zero attached hydrogens (tertiary/aromatic N) is 3. The lowest BCUT2D eigenvalue weighted by Crippen LogP contribution is -2.33. The van der Waals surface area contributed by atoms with Gasteiger partial charge in [-0.1, -0.05) is 30.6 Å². The number of thioether (sulfide) groups is 1. The van der Waals surface area contributed by atoms with Gasteiger partial charge >= 0.3 is 0 Å². The van der Waals surface area contributed by atoms with Gasteiger partial charge in [-0.15, -0.1) is 11.8 Å². The summed E-state index contributed by atoms with van der Waals surface area (Å²) < 4.78 is 5.40. The number of rotatable bonds is 7. The number of hydrogen-bond donors (Lipinski definition) is 1. The summed E-state index contributed by atoms with van der Waals surface area (Å²) in [6.45, 7) is 3.99. The second-order valence-electron chi connectivity index (χ2n) is 6.22. The molecule has 0 aliphatic rings. The van der Waals surface area contributed by atoms with Crippen LogP contribution in [0.4, 0.5) is 0 Å². The van der Waals surface area contributed by atoms with E-state index in [1.165, 1.54) is 11.8 Å². The topological polar surface area (TPSA) is 80.9 Å². The van der Waals surface area contributed by atoms with Gasteiger partial charge in [0.2, 0.25) is 17.6 Å². The third-order valence-corrected chi connectivity index (χ3v) is 5.08. The highest BCUT2D eigenvalue weighted by atomic mass is 35.5. The molecule has 0 saturated heterocycles. The quantitative estimate of drug-likeness (QED) is 0.590. The minimum atomic E-state index is -0.355. The predicted octanol–water partition coefficient (Wildman–Crippen LogP) is 4.39. The summed E-state index contributed by atoms with van der Waals surface area (Å²) in [5.41, 5.74) is 0.812. The van der Waals surface area contributed by atoms with Crippen LogP contribution in [0.5, 0.6) is 0 Å². The van der Waals surface area contributed by atoms with Crippen molar-refractivity contribution in [1.82, 2.24) is 20.4 Å². The van der Waals surface area contributed by atoms with Gasteiger partial charge in [-0.25, -0.2) is 0 Å². The Labute approximate surface area is 166 Å². The van der Waals surface area contributed by atoms with Crippen LogP contribution in [-0.2, 0) is 4.79 Å². The van der Waals surface area contributed by atoms with Crippen LogP contribution in [0.2, 0.25) is 5.02 Å². The van der Waals surface area contributed by atoms with Crippen molar-refractivity contribution in [2.24, 2.45) is 5.92 Å². The fraction of sp³-hybridized carbons (Fsp3) is 0.263. The highest BCUT2D eigenvalue weighted by Crippen LogP contribution is 2.24. The highest BCUT2D eigenvalue weighted by molar-refractivity contribution is 8.00. The van der Waals surface area contributed by atoms with Crippen molar-refractivity contribution in [3.8, 4) is 11.4 Å². The molecule has 3 aromatic rings. The molecule has 140 valence electrons. The number of carbonyl (C=O) groups is 1. The first-order valence-corrected chi connectivity index (χ1v) is 9.81. The van der Waals surface area contributed by atoms with Gasteiger partial charge in [0, 0.05) is 27.9 Å². The molecule has 27 heavy (non-hydrogen) atoms. The molecule has 6 nitrogen and oxygen atoms in total. The molecule has 0 radical (unpaired) electrons. The molecule has 0 fully saturated rings. The summed E-state index contributed by atoms with van der Waals surface area (Å²) in [4.78, 5) is 21.8. The second kappa shape index (κ2) is 9.01. The number of hydrogen-bond acceptors (Lipinski definition) is 6. The van der Waals surface area contributed by atoms with Crippen molar-refractivity contribution < 1.29 is 9.32 Å². The molecule has 8 heteroatoms. The normalized spacial score (nSPS) is 12.1. The van der Waals surface area contributed by atoms with E-state index in [1.54, 1.807) is 36.7 Å². The molecule has 0 saturated carbocycles. The largest absolute Gasteiger partial charge is 0.343 e. The molecule has 0 spiro atoms. The van der Waals surface area contributed by atoms with Crippen LogP contribution >= 0.6 is 23.4 Å². The van der Waals surface area contributed by atoms with Crippen molar-refractivity contribution >= 4 is 29.3 Å². The summed E-state index contributed by atoms with van der Waals surface area (Å²) >= 11 is 7.32. The van der Waals surface area contributed by atoms with E-state index in [0.717, 1.165) is 10.5 Å². The molecule has 1 amide bonds. The zero-order valence-electron chi connectivity index (χ0n) is 14.9. The second-order valence-corrected chi connectivity index (χ2v) is 7.71. The first-order valence-electron chi connectivity index (χ1n) is 8.44. The molecular weight excluding hydrogens is 384 g/mol. The average molecular weight is 403 g/mol. The van der Waals surface area contributed by atoms with Crippen LogP contribution < -0.4 is 5.32 Å². The summed E-state index contributed by atoms with van der Waals surface area (Å²) in [6.07, 6.45) is 3.34.